The molecule has 1 aliphatic heterocycles. The molecule has 26 heavy (non-hydrogen) atoms. The van der Waals surface area contributed by atoms with Gasteiger partial charge in [0.05, 0.1) is 20.8 Å². The number of piperazine rings is 1. The molecular weight excluding hydrogens is 330 g/mol. The third-order valence-corrected chi connectivity index (χ3v) is 4.64. The Bertz CT molecular complexity index is 684. The van der Waals surface area contributed by atoms with Crippen molar-refractivity contribution in [3.05, 3.63) is 47.8 Å². The standard InChI is InChI=1S/C20H27N3O3/c1-4-26-20-18(24-2)11-15(12-19(20)25-3)14-23-10-9-22-13-17(23)16-5-7-21-8-6-16/h5-8,11-12,17,22H,4,9-10,13-14H2,1-3H3. The van der Waals surface area contributed by atoms with Crippen molar-refractivity contribution >= 4 is 0 Å². The van der Waals surface area contributed by atoms with E-state index in [0.717, 1.165) is 31.7 Å². The Kier molecular flexibility index (Phi) is 6.30. The van der Waals surface area contributed by atoms with E-state index in [9.17, 15) is 0 Å². The molecule has 2 heterocycles. The molecule has 2 aromatic rings. The van der Waals surface area contributed by atoms with Crippen molar-refractivity contribution in [1.29, 1.82) is 0 Å². The molecule has 0 saturated carbocycles. The van der Waals surface area contributed by atoms with Crippen LogP contribution in [-0.2, 0) is 6.54 Å². The fraction of sp³-hybridized carbons (Fsp3) is 0.450. The first-order valence-corrected chi connectivity index (χ1v) is 8.99. The van der Waals surface area contributed by atoms with Crippen LogP contribution in [0.1, 0.15) is 24.1 Å². The Morgan fingerprint density at radius 1 is 1.15 bits per heavy atom. The fourth-order valence-electron chi connectivity index (χ4n) is 3.40. The Morgan fingerprint density at radius 3 is 2.46 bits per heavy atom. The number of hydrogen-bond donors (Lipinski definition) is 1. The van der Waals surface area contributed by atoms with Gasteiger partial charge in [0, 0.05) is 44.6 Å². The minimum Gasteiger partial charge on any atom is -0.493 e. The van der Waals surface area contributed by atoms with Gasteiger partial charge >= 0.3 is 0 Å². The molecule has 1 fully saturated rings. The molecule has 0 bridgehead atoms. The van der Waals surface area contributed by atoms with Gasteiger partial charge in [0.25, 0.3) is 0 Å². The van der Waals surface area contributed by atoms with Crippen molar-refractivity contribution in [3.8, 4) is 17.2 Å². The molecule has 6 nitrogen and oxygen atoms in total. The van der Waals surface area contributed by atoms with Gasteiger partial charge in [-0.2, -0.15) is 0 Å². The Hall–Kier alpha value is -2.31. The summed E-state index contributed by atoms with van der Waals surface area (Å²) in [5.41, 5.74) is 2.42. The van der Waals surface area contributed by atoms with Crippen LogP contribution < -0.4 is 19.5 Å². The van der Waals surface area contributed by atoms with Gasteiger partial charge in [-0.3, -0.25) is 9.88 Å². The summed E-state index contributed by atoms with van der Waals surface area (Å²) in [4.78, 5) is 6.61. The summed E-state index contributed by atoms with van der Waals surface area (Å²) < 4.78 is 16.8. The average Bonchev–Trinajstić information content (AvgIpc) is 2.70. The second-order valence-corrected chi connectivity index (χ2v) is 6.23. The number of hydrogen-bond acceptors (Lipinski definition) is 6. The third kappa shape index (κ3) is 4.08. The van der Waals surface area contributed by atoms with Crippen molar-refractivity contribution in [2.75, 3.05) is 40.5 Å². The molecule has 0 amide bonds. The highest BCUT2D eigenvalue weighted by Crippen LogP contribution is 2.39. The third-order valence-electron chi connectivity index (χ3n) is 4.64. The van der Waals surface area contributed by atoms with Crippen LogP contribution in [0.4, 0.5) is 0 Å². The Labute approximate surface area is 155 Å². The molecule has 3 rings (SSSR count). The topological polar surface area (TPSA) is 55.9 Å². The molecule has 1 saturated heterocycles. The summed E-state index contributed by atoms with van der Waals surface area (Å²) in [6.07, 6.45) is 3.70. The minimum absolute atomic E-state index is 0.315. The lowest BCUT2D eigenvalue weighted by Gasteiger charge is -2.36. The number of methoxy groups -OCH3 is 2. The van der Waals surface area contributed by atoms with Gasteiger partial charge in [-0.15, -0.1) is 0 Å². The van der Waals surface area contributed by atoms with Crippen LogP contribution in [0.15, 0.2) is 36.7 Å². The highest BCUT2D eigenvalue weighted by atomic mass is 16.5. The predicted octanol–water partition coefficient (Wildman–Crippen LogP) is 2.64. The van der Waals surface area contributed by atoms with Crippen molar-refractivity contribution in [2.24, 2.45) is 0 Å². The Balaban J connectivity index is 1.86. The van der Waals surface area contributed by atoms with Gasteiger partial charge in [0.15, 0.2) is 11.5 Å². The summed E-state index contributed by atoms with van der Waals surface area (Å²) in [7, 11) is 3.32. The van der Waals surface area contributed by atoms with Crippen LogP contribution in [0.2, 0.25) is 0 Å². The van der Waals surface area contributed by atoms with Crippen LogP contribution in [0.5, 0.6) is 17.2 Å². The zero-order valence-corrected chi connectivity index (χ0v) is 15.7. The second kappa shape index (κ2) is 8.87. The summed E-state index contributed by atoms with van der Waals surface area (Å²) >= 11 is 0. The molecule has 0 aliphatic carbocycles. The largest absolute Gasteiger partial charge is 0.493 e. The molecule has 1 aliphatic rings. The summed E-state index contributed by atoms with van der Waals surface area (Å²) in [6, 6.07) is 8.57. The number of ether oxygens (including phenoxy) is 3. The van der Waals surface area contributed by atoms with Crippen LogP contribution in [0.25, 0.3) is 0 Å². The van der Waals surface area contributed by atoms with Crippen LogP contribution in [0, 0.1) is 0 Å². The quantitative estimate of drug-likeness (QED) is 0.822. The molecule has 1 aromatic carbocycles. The van der Waals surface area contributed by atoms with Crippen LogP contribution in [0.3, 0.4) is 0 Å². The smallest absolute Gasteiger partial charge is 0.203 e. The number of benzene rings is 1. The fourth-order valence-corrected chi connectivity index (χ4v) is 3.40. The first kappa shape index (κ1) is 18.5. The van der Waals surface area contributed by atoms with Gasteiger partial charge < -0.3 is 19.5 Å². The van der Waals surface area contributed by atoms with E-state index in [0.29, 0.717) is 29.9 Å². The number of rotatable bonds is 7. The van der Waals surface area contributed by atoms with E-state index in [1.807, 2.05) is 31.5 Å². The average molecular weight is 357 g/mol. The molecule has 1 unspecified atom stereocenters. The monoisotopic (exact) mass is 357 g/mol. The lowest BCUT2D eigenvalue weighted by atomic mass is 10.0. The number of nitrogens with one attached hydrogen (secondary N) is 1. The Morgan fingerprint density at radius 2 is 1.85 bits per heavy atom. The maximum Gasteiger partial charge on any atom is 0.203 e. The molecule has 0 radical (unpaired) electrons. The van der Waals surface area contributed by atoms with Gasteiger partial charge in [0.1, 0.15) is 0 Å². The molecule has 0 spiro atoms. The van der Waals surface area contributed by atoms with E-state index in [4.69, 9.17) is 14.2 Å². The lowest BCUT2D eigenvalue weighted by Crippen LogP contribution is -2.45. The zero-order valence-electron chi connectivity index (χ0n) is 15.7. The van der Waals surface area contributed by atoms with E-state index < -0.39 is 0 Å². The summed E-state index contributed by atoms with van der Waals surface area (Å²) in [5.74, 6) is 2.07. The van der Waals surface area contributed by atoms with Crippen molar-refractivity contribution in [2.45, 2.75) is 19.5 Å². The normalized spacial score (nSPS) is 17.7. The number of nitrogens with zero attached hydrogens (tertiary/aromatic N) is 2. The van der Waals surface area contributed by atoms with E-state index in [-0.39, 0.29) is 0 Å². The maximum absolute atomic E-state index is 5.70. The first-order valence-electron chi connectivity index (χ1n) is 8.99. The van der Waals surface area contributed by atoms with Crippen molar-refractivity contribution < 1.29 is 14.2 Å². The SMILES string of the molecule is CCOc1c(OC)cc(CN2CCNCC2c2ccncc2)cc1OC. The van der Waals surface area contributed by atoms with Crippen molar-refractivity contribution in [1.82, 2.24) is 15.2 Å². The second-order valence-electron chi connectivity index (χ2n) is 6.23. The minimum atomic E-state index is 0.315. The molecule has 1 aromatic heterocycles. The molecular formula is C20H27N3O3. The number of pyridine rings is 1. The van der Waals surface area contributed by atoms with E-state index in [2.05, 4.69) is 27.3 Å². The highest BCUT2D eigenvalue weighted by molar-refractivity contribution is 5.54. The summed E-state index contributed by atoms with van der Waals surface area (Å²) in [6.45, 7) is 6.21. The van der Waals surface area contributed by atoms with Gasteiger partial charge in [0.2, 0.25) is 5.75 Å². The van der Waals surface area contributed by atoms with Crippen molar-refractivity contribution in [3.63, 3.8) is 0 Å². The van der Waals surface area contributed by atoms with E-state index in [1.54, 1.807) is 14.2 Å². The van der Waals surface area contributed by atoms with Gasteiger partial charge in [-0.1, -0.05) is 0 Å². The van der Waals surface area contributed by atoms with Crippen LogP contribution in [-0.4, -0.2) is 50.3 Å². The lowest BCUT2D eigenvalue weighted by molar-refractivity contribution is 0.153. The first-order chi connectivity index (χ1) is 12.8. The predicted molar refractivity (Wildman–Crippen MR) is 101 cm³/mol. The zero-order chi connectivity index (χ0) is 18.4. The van der Waals surface area contributed by atoms with Gasteiger partial charge in [-0.05, 0) is 42.3 Å². The molecule has 140 valence electrons. The van der Waals surface area contributed by atoms with Crippen LogP contribution >= 0.6 is 0 Å². The molecule has 1 atom stereocenters. The van der Waals surface area contributed by atoms with Gasteiger partial charge in [-0.25, -0.2) is 0 Å². The molecule has 6 heteroatoms. The van der Waals surface area contributed by atoms with E-state index >= 15 is 0 Å². The van der Waals surface area contributed by atoms with E-state index in [1.165, 1.54) is 5.56 Å². The maximum atomic E-state index is 5.70. The molecule has 1 N–H and O–H groups in total. The highest BCUT2D eigenvalue weighted by Gasteiger charge is 2.24. The summed E-state index contributed by atoms with van der Waals surface area (Å²) in [5, 5.41) is 3.49. The number of aromatic nitrogens is 1.